The van der Waals surface area contributed by atoms with Gasteiger partial charge in [-0.3, -0.25) is 9.69 Å². The quantitative estimate of drug-likeness (QED) is 0.630. The summed E-state index contributed by atoms with van der Waals surface area (Å²) in [6.45, 7) is 7.75. The first-order valence-electron chi connectivity index (χ1n) is 10.7. The van der Waals surface area contributed by atoms with E-state index in [4.69, 9.17) is 4.74 Å². The highest BCUT2D eigenvalue weighted by Crippen LogP contribution is 2.35. The Kier molecular flexibility index (Phi) is 6.32. The Morgan fingerprint density at radius 3 is 2.55 bits per heavy atom. The van der Waals surface area contributed by atoms with Crippen LogP contribution in [0.15, 0.2) is 43.0 Å². The molecule has 0 atom stereocenters. The maximum Gasteiger partial charge on any atom is 0.257 e. The van der Waals surface area contributed by atoms with E-state index in [0.29, 0.717) is 17.9 Å². The van der Waals surface area contributed by atoms with Crippen LogP contribution in [0, 0.1) is 13.8 Å². The Morgan fingerprint density at radius 1 is 1.13 bits per heavy atom. The molecule has 2 aromatic heterocycles. The van der Waals surface area contributed by atoms with Crippen LogP contribution in [0.2, 0.25) is 0 Å². The van der Waals surface area contributed by atoms with Crippen molar-refractivity contribution < 1.29 is 9.53 Å². The SMILES string of the molecule is Cc1ncnc(C)c1-c1cc(NC(=O)c2ccn(C)c2)ccc1OCCN1CCCC1. The topological polar surface area (TPSA) is 72.3 Å². The van der Waals surface area contributed by atoms with E-state index in [0.717, 1.165) is 47.9 Å². The number of aryl methyl sites for hydroxylation is 3. The van der Waals surface area contributed by atoms with Gasteiger partial charge in [-0.2, -0.15) is 0 Å². The lowest BCUT2D eigenvalue weighted by molar-refractivity contribution is 0.102. The van der Waals surface area contributed by atoms with E-state index in [-0.39, 0.29) is 5.91 Å². The number of hydrogen-bond acceptors (Lipinski definition) is 5. The summed E-state index contributed by atoms with van der Waals surface area (Å²) in [6, 6.07) is 7.55. The number of anilines is 1. The molecule has 1 aromatic carbocycles. The molecule has 1 fully saturated rings. The molecule has 1 saturated heterocycles. The monoisotopic (exact) mass is 419 g/mol. The molecular formula is C24H29N5O2. The highest BCUT2D eigenvalue weighted by Gasteiger charge is 2.17. The van der Waals surface area contributed by atoms with E-state index in [1.807, 2.05) is 49.9 Å². The van der Waals surface area contributed by atoms with E-state index >= 15 is 0 Å². The third kappa shape index (κ3) is 4.94. The molecule has 3 aromatic rings. The molecule has 7 heteroatoms. The first-order valence-corrected chi connectivity index (χ1v) is 10.7. The molecule has 0 radical (unpaired) electrons. The normalized spacial score (nSPS) is 14.0. The molecule has 0 aliphatic carbocycles. The van der Waals surface area contributed by atoms with Crippen LogP contribution in [0.4, 0.5) is 5.69 Å². The summed E-state index contributed by atoms with van der Waals surface area (Å²) in [5.74, 6) is 0.630. The van der Waals surface area contributed by atoms with Gasteiger partial charge in [0.15, 0.2) is 0 Å². The standard InChI is InChI=1S/C24H29N5O2/c1-17-23(18(2)26-16-25-17)21-14-20(27-24(30)19-8-11-28(3)15-19)6-7-22(21)31-13-12-29-9-4-5-10-29/h6-8,11,14-16H,4-5,9-10,12-13H2,1-3H3,(H,27,30). The highest BCUT2D eigenvalue weighted by atomic mass is 16.5. The number of benzene rings is 1. The number of aromatic nitrogens is 3. The van der Waals surface area contributed by atoms with Gasteiger partial charge in [-0.15, -0.1) is 0 Å². The lowest BCUT2D eigenvalue weighted by Gasteiger charge is -2.18. The van der Waals surface area contributed by atoms with Gasteiger partial charge in [-0.25, -0.2) is 9.97 Å². The van der Waals surface area contributed by atoms with Crippen molar-refractivity contribution >= 4 is 11.6 Å². The van der Waals surface area contributed by atoms with Crippen LogP contribution in [-0.4, -0.2) is 51.6 Å². The van der Waals surface area contributed by atoms with Crippen LogP contribution in [0.1, 0.15) is 34.6 Å². The molecule has 4 rings (SSSR count). The largest absolute Gasteiger partial charge is 0.492 e. The average molecular weight is 420 g/mol. The molecule has 0 bridgehead atoms. The lowest BCUT2D eigenvalue weighted by atomic mass is 10.0. The summed E-state index contributed by atoms with van der Waals surface area (Å²) in [6.07, 6.45) is 7.75. The van der Waals surface area contributed by atoms with Crippen molar-refractivity contribution in [2.75, 3.05) is 31.6 Å². The summed E-state index contributed by atoms with van der Waals surface area (Å²) >= 11 is 0. The van der Waals surface area contributed by atoms with Crippen molar-refractivity contribution in [3.63, 3.8) is 0 Å². The number of ether oxygens (including phenoxy) is 1. The zero-order valence-corrected chi connectivity index (χ0v) is 18.4. The number of hydrogen-bond donors (Lipinski definition) is 1. The van der Waals surface area contributed by atoms with Crippen LogP contribution in [-0.2, 0) is 7.05 Å². The zero-order chi connectivity index (χ0) is 21.8. The fourth-order valence-corrected chi connectivity index (χ4v) is 4.04. The molecule has 1 N–H and O–H groups in total. The molecule has 31 heavy (non-hydrogen) atoms. The maximum atomic E-state index is 12.6. The van der Waals surface area contributed by atoms with Crippen LogP contribution in [0.5, 0.6) is 5.75 Å². The van der Waals surface area contributed by atoms with Gasteiger partial charge in [0.1, 0.15) is 18.7 Å². The molecule has 3 heterocycles. The number of carbonyl (C=O) groups is 1. The molecule has 0 spiro atoms. The van der Waals surface area contributed by atoms with Gasteiger partial charge in [0.25, 0.3) is 5.91 Å². The maximum absolute atomic E-state index is 12.6. The van der Waals surface area contributed by atoms with Crippen molar-refractivity contribution in [2.24, 2.45) is 7.05 Å². The van der Waals surface area contributed by atoms with E-state index in [2.05, 4.69) is 20.2 Å². The second-order valence-electron chi connectivity index (χ2n) is 8.05. The van der Waals surface area contributed by atoms with Crippen LogP contribution in [0.25, 0.3) is 11.1 Å². The first-order chi connectivity index (χ1) is 15.0. The Bertz CT molecular complexity index is 1050. The van der Waals surface area contributed by atoms with Crippen molar-refractivity contribution in [2.45, 2.75) is 26.7 Å². The van der Waals surface area contributed by atoms with Gasteiger partial charge in [0.2, 0.25) is 0 Å². The Morgan fingerprint density at radius 2 is 1.87 bits per heavy atom. The summed E-state index contributed by atoms with van der Waals surface area (Å²) in [7, 11) is 1.89. The van der Waals surface area contributed by atoms with Crippen LogP contribution in [0.3, 0.4) is 0 Å². The summed E-state index contributed by atoms with van der Waals surface area (Å²) in [4.78, 5) is 23.8. The second kappa shape index (κ2) is 9.31. The molecule has 0 saturated carbocycles. The third-order valence-corrected chi connectivity index (χ3v) is 5.69. The number of likely N-dealkylation sites (tertiary alicyclic amines) is 1. The van der Waals surface area contributed by atoms with Crippen molar-refractivity contribution in [3.8, 4) is 16.9 Å². The van der Waals surface area contributed by atoms with Gasteiger partial charge in [-0.1, -0.05) is 0 Å². The number of amides is 1. The first kappa shape index (κ1) is 21.1. The van der Waals surface area contributed by atoms with Crippen LogP contribution < -0.4 is 10.1 Å². The summed E-state index contributed by atoms with van der Waals surface area (Å²) in [5, 5.41) is 2.99. The second-order valence-corrected chi connectivity index (χ2v) is 8.05. The van der Waals surface area contributed by atoms with Gasteiger partial charge in [0, 0.05) is 54.2 Å². The molecule has 0 unspecified atom stereocenters. The Hall–Kier alpha value is -3.19. The number of nitrogens with zero attached hydrogens (tertiary/aromatic N) is 4. The van der Waals surface area contributed by atoms with Gasteiger partial charge in [-0.05, 0) is 64.0 Å². The smallest absolute Gasteiger partial charge is 0.257 e. The fourth-order valence-electron chi connectivity index (χ4n) is 4.04. The molecular weight excluding hydrogens is 390 g/mol. The van der Waals surface area contributed by atoms with E-state index in [9.17, 15) is 4.79 Å². The summed E-state index contributed by atoms with van der Waals surface area (Å²) < 4.78 is 8.05. The Balaban J connectivity index is 1.60. The lowest BCUT2D eigenvalue weighted by Crippen LogP contribution is -2.25. The number of nitrogens with one attached hydrogen (secondary N) is 1. The minimum atomic E-state index is -0.146. The third-order valence-electron chi connectivity index (χ3n) is 5.69. The van der Waals surface area contributed by atoms with Crippen molar-refractivity contribution in [1.29, 1.82) is 0 Å². The molecule has 1 aliphatic heterocycles. The van der Waals surface area contributed by atoms with E-state index in [1.165, 1.54) is 12.8 Å². The fraction of sp³-hybridized carbons (Fsp3) is 0.375. The molecule has 1 amide bonds. The molecule has 162 valence electrons. The molecule has 7 nitrogen and oxygen atoms in total. The average Bonchev–Trinajstić information content (AvgIpc) is 3.41. The molecule has 1 aliphatic rings. The van der Waals surface area contributed by atoms with Gasteiger partial charge in [0.05, 0.1) is 5.56 Å². The van der Waals surface area contributed by atoms with Gasteiger partial charge >= 0.3 is 0 Å². The number of carbonyl (C=O) groups excluding carboxylic acids is 1. The minimum Gasteiger partial charge on any atom is -0.492 e. The van der Waals surface area contributed by atoms with E-state index < -0.39 is 0 Å². The van der Waals surface area contributed by atoms with Gasteiger partial charge < -0.3 is 14.6 Å². The predicted molar refractivity (Wildman–Crippen MR) is 121 cm³/mol. The highest BCUT2D eigenvalue weighted by molar-refractivity contribution is 6.04. The van der Waals surface area contributed by atoms with Crippen molar-refractivity contribution in [1.82, 2.24) is 19.4 Å². The zero-order valence-electron chi connectivity index (χ0n) is 18.4. The van der Waals surface area contributed by atoms with Crippen molar-refractivity contribution in [3.05, 3.63) is 59.9 Å². The predicted octanol–water partition coefficient (Wildman–Crippen LogP) is 3.83. The Labute approximate surface area is 183 Å². The number of rotatable bonds is 7. The minimum absolute atomic E-state index is 0.146. The van der Waals surface area contributed by atoms with E-state index in [1.54, 1.807) is 18.6 Å². The summed E-state index contributed by atoms with van der Waals surface area (Å²) in [5.41, 5.74) is 4.91. The van der Waals surface area contributed by atoms with Crippen LogP contribution >= 0.6 is 0 Å².